The maximum Gasteiger partial charge on any atom is 0.177 e. The molecule has 0 saturated heterocycles. The zero-order valence-electron chi connectivity index (χ0n) is 8.98. The van der Waals surface area contributed by atoms with Crippen molar-refractivity contribution in [1.29, 1.82) is 0 Å². The van der Waals surface area contributed by atoms with Gasteiger partial charge in [-0.2, -0.15) is 0 Å². The molecule has 3 heterocycles. The molecule has 4 nitrogen and oxygen atoms in total. The average Bonchev–Trinajstić information content (AvgIpc) is 2.87. The number of likely N-dealkylation sites (N-methyl/N-ethyl adjacent to an activating group) is 1. The summed E-state index contributed by atoms with van der Waals surface area (Å²) in [5, 5.41) is 0. The van der Waals surface area contributed by atoms with Crippen molar-refractivity contribution in [3.8, 4) is 11.6 Å². The van der Waals surface area contributed by atoms with Gasteiger partial charge in [0.05, 0.1) is 12.0 Å². The highest BCUT2D eigenvalue weighted by Crippen LogP contribution is 2.28. The van der Waals surface area contributed by atoms with Gasteiger partial charge in [-0.25, -0.2) is 4.98 Å². The fourth-order valence-electron chi connectivity index (χ4n) is 2.05. The molecule has 84 valence electrons. The fraction of sp³-hybridized carbons (Fsp3) is 0.364. The summed E-state index contributed by atoms with van der Waals surface area (Å²) >= 11 is 3.52. The van der Waals surface area contributed by atoms with Gasteiger partial charge in [0, 0.05) is 19.6 Å². The van der Waals surface area contributed by atoms with Gasteiger partial charge in [-0.1, -0.05) is 0 Å². The first-order chi connectivity index (χ1) is 7.75. The molecule has 0 N–H and O–H groups in total. The molecule has 0 aromatic carbocycles. The molecule has 0 aliphatic carbocycles. The fourth-order valence-corrected chi connectivity index (χ4v) is 2.56. The molecule has 3 rings (SSSR count). The van der Waals surface area contributed by atoms with Crippen LogP contribution < -0.4 is 0 Å². The number of hydrogen-bond acceptors (Lipinski definition) is 3. The summed E-state index contributed by atoms with van der Waals surface area (Å²) in [6.07, 6.45) is 1.68. The molecule has 1 aliphatic rings. The topological polar surface area (TPSA) is 34.2 Å². The van der Waals surface area contributed by atoms with Gasteiger partial charge in [0.2, 0.25) is 0 Å². The standard InChI is InChI=1S/C11H12BrN3O/c1-14-4-5-15-8(7-14)10(12)13-11(15)9-3-2-6-16-9/h2-3,6H,4-5,7H2,1H3. The highest BCUT2D eigenvalue weighted by Gasteiger charge is 2.22. The van der Waals surface area contributed by atoms with Crippen molar-refractivity contribution in [3.63, 3.8) is 0 Å². The number of nitrogens with zero attached hydrogens (tertiary/aromatic N) is 3. The van der Waals surface area contributed by atoms with Gasteiger partial charge in [0.15, 0.2) is 11.6 Å². The molecule has 0 radical (unpaired) electrons. The molecule has 2 aromatic heterocycles. The van der Waals surface area contributed by atoms with E-state index >= 15 is 0 Å². The van der Waals surface area contributed by atoms with Crippen LogP contribution in [0.25, 0.3) is 11.6 Å². The van der Waals surface area contributed by atoms with E-state index in [1.165, 1.54) is 5.69 Å². The van der Waals surface area contributed by atoms with E-state index in [0.717, 1.165) is 35.8 Å². The molecule has 0 amide bonds. The Bertz CT molecular complexity index is 504. The summed E-state index contributed by atoms with van der Waals surface area (Å²) in [5.41, 5.74) is 1.22. The molecule has 5 heteroatoms. The number of hydrogen-bond donors (Lipinski definition) is 0. The van der Waals surface area contributed by atoms with Crippen LogP contribution in [-0.2, 0) is 13.1 Å². The Morgan fingerprint density at radius 2 is 2.31 bits per heavy atom. The minimum absolute atomic E-state index is 0.830. The lowest BCUT2D eigenvalue weighted by atomic mass is 10.3. The van der Waals surface area contributed by atoms with Gasteiger partial charge in [-0.15, -0.1) is 0 Å². The van der Waals surface area contributed by atoms with Crippen LogP contribution in [0.1, 0.15) is 5.69 Å². The molecule has 0 unspecified atom stereocenters. The Labute approximate surface area is 102 Å². The Morgan fingerprint density at radius 3 is 3.06 bits per heavy atom. The van der Waals surface area contributed by atoms with Crippen molar-refractivity contribution >= 4 is 15.9 Å². The molecule has 0 fully saturated rings. The third-order valence-corrected chi connectivity index (χ3v) is 3.53. The van der Waals surface area contributed by atoms with Gasteiger partial charge < -0.3 is 8.98 Å². The van der Waals surface area contributed by atoms with E-state index in [9.17, 15) is 0 Å². The second kappa shape index (κ2) is 3.75. The van der Waals surface area contributed by atoms with Crippen LogP contribution in [0.2, 0.25) is 0 Å². The first-order valence-electron chi connectivity index (χ1n) is 5.23. The number of aromatic nitrogens is 2. The zero-order valence-corrected chi connectivity index (χ0v) is 10.6. The van der Waals surface area contributed by atoms with E-state index in [1.54, 1.807) is 6.26 Å². The van der Waals surface area contributed by atoms with Gasteiger partial charge >= 0.3 is 0 Å². The zero-order chi connectivity index (χ0) is 11.1. The second-order valence-electron chi connectivity index (χ2n) is 4.04. The van der Waals surface area contributed by atoms with Crippen LogP contribution in [0.4, 0.5) is 0 Å². The Balaban J connectivity index is 2.12. The molecule has 0 bridgehead atoms. The average molecular weight is 282 g/mol. The molecule has 0 atom stereocenters. The lowest BCUT2D eigenvalue weighted by Gasteiger charge is -2.24. The molecule has 0 saturated carbocycles. The maximum atomic E-state index is 5.41. The van der Waals surface area contributed by atoms with Crippen molar-refractivity contribution in [3.05, 3.63) is 28.7 Å². The molecule has 1 aliphatic heterocycles. The normalized spacial score (nSPS) is 16.4. The van der Waals surface area contributed by atoms with E-state index in [1.807, 2.05) is 12.1 Å². The quantitative estimate of drug-likeness (QED) is 0.805. The van der Waals surface area contributed by atoms with Crippen molar-refractivity contribution in [2.45, 2.75) is 13.1 Å². The minimum atomic E-state index is 0.830. The van der Waals surface area contributed by atoms with E-state index in [-0.39, 0.29) is 0 Å². The van der Waals surface area contributed by atoms with Crippen LogP contribution >= 0.6 is 15.9 Å². The maximum absolute atomic E-state index is 5.41. The van der Waals surface area contributed by atoms with Gasteiger partial charge in [0.1, 0.15) is 4.60 Å². The van der Waals surface area contributed by atoms with Crippen LogP contribution in [0, 0.1) is 0 Å². The summed E-state index contributed by atoms with van der Waals surface area (Å²) in [5.74, 6) is 1.75. The number of fused-ring (bicyclic) bond motifs is 1. The van der Waals surface area contributed by atoms with Crippen LogP contribution in [0.3, 0.4) is 0 Å². The van der Waals surface area contributed by atoms with Crippen molar-refractivity contribution in [1.82, 2.24) is 14.5 Å². The molecular weight excluding hydrogens is 270 g/mol. The van der Waals surface area contributed by atoms with Crippen LogP contribution in [0.15, 0.2) is 27.4 Å². The number of rotatable bonds is 1. The largest absolute Gasteiger partial charge is 0.461 e. The SMILES string of the molecule is CN1CCn2c(-c3ccco3)nc(Br)c2C1. The van der Waals surface area contributed by atoms with Gasteiger partial charge in [-0.3, -0.25) is 4.90 Å². The van der Waals surface area contributed by atoms with Gasteiger partial charge in [0.25, 0.3) is 0 Å². The lowest BCUT2D eigenvalue weighted by Crippen LogP contribution is -2.30. The van der Waals surface area contributed by atoms with E-state index in [4.69, 9.17) is 4.42 Å². The van der Waals surface area contributed by atoms with Crippen LogP contribution in [-0.4, -0.2) is 28.0 Å². The van der Waals surface area contributed by atoms with E-state index in [0.29, 0.717) is 0 Å². The summed E-state index contributed by atoms with van der Waals surface area (Å²) < 4.78 is 8.55. The summed E-state index contributed by atoms with van der Waals surface area (Å²) in [6.45, 7) is 2.93. The Morgan fingerprint density at radius 1 is 1.44 bits per heavy atom. The van der Waals surface area contributed by atoms with Gasteiger partial charge in [-0.05, 0) is 35.1 Å². The predicted molar refractivity (Wildman–Crippen MR) is 64.0 cm³/mol. The van der Waals surface area contributed by atoms with Crippen molar-refractivity contribution < 1.29 is 4.42 Å². The first-order valence-corrected chi connectivity index (χ1v) is 6.02. The molecule has 0 spiro atoms. The first kappa shape index (κ1) is 10.1. The van der Waals surface area contributed by atoms with E-state index < -0.39 is 0 Å². The molecule has 16 heavy (non-hydrogen) atoms. The van der Waals surface area contributed by atoms with Crippen molar-refractivity contribution in [2.75, 3.05) is 13.6 Å². The number of halogens is 1. The Kier molecular flexibility index (Phi) is 2.37. The highest BCUT2D eigenvalue weighted by atomic mass is 79.9. The third kappa shape index (κ3) is 1.51. The predicted octanol–water partition coefficient (Wildman–Crippen LogP) is 2.35. The third-order valence-electron chi connectivity index (χ3n) is 2.89. The number of furan rings is 1. The molecule has 2 aromatic rings. The number of imidazole rings is 1. The summed E-state index contributed by atoms with van der Waals surface area (Å²) in [4.78, 5) is 6.81. The summed E-state index contributed by atoms with van der Waals surface area (Å²) in [6, 6.07) is 3.83. The summed E-state index contributed by atoms with van der Waals surface area (Å²) in [7, 11) is 2.12. The second-order valence-corrected chi connectivity index (χ2v) is 4.79. The van der Waals surface area contributed by atoms with E-state index in [2.05, 4.69) is 37.4 Å². The monoisotopic (exact) mass is 281 g/mol. The Hall–Kier alpha value is -1.07. The highest BCUT2D eigenvalue weighted by molar-refractivity contribution is 9.10. The molecular formula is C11H12BrN3O. The minimum Gasteiger partial charge on any atom is -0.461 e. The van der Waals surface area contributed by atoms with Crippen LogP contribution in [0.5, 0.6) is 0 Å². The smallest absolute Gasteiger partial charge is 0.177 e. The van der Waals surface area contributed by atoms with Crippen molar-refractivity contribution in [2.24, 2.45) is 0 Å². The lowest BCUT2D eigenvalue weighted by molar-refractivity contribution is 0.269.